The molecule has 0 radical (unpaired) electrons. The molecule has 3 nitrogen and oxygen atoms in total. The van der Waals surface area contributed by atoms with Gasteiger partial charge >= 0.3 is 0 Å². The molecule has 72 valence electrons. The number of benzene rings is 1. The van der Waals surface area contributed by atoms with E-state index in [1.165, 1.54) is 0 Å². The van der Waals surface area contributed by atoms with Gasteiger partial charge in [-0.3, -0.25) is 0 Å². The summed E-state index contributed by atoms with van der Waals surface area (Å²) in [6, 6.07) is 3.64. The van der Waals surface area contributed by atoms with Gasteiger partial charge in [-0.05, 0) is 24.6 Å². The Kier molecular flexibility index (Phi) is 2.25. The van der Waals surface area contributed by atoms with E-state index in [1.807, 2.05) is 13.0 Å². The number of hydrogen-bond acceptors (Lipinski definition) is 2. The lowest BCUT2D eigenvalue weighted by atomic mass is 10.1. The lowest BCUT2D eigenvalue weighted by Crippen LogP contribution is -1.87. The van der Waals surface area contributed by atoms with E-state index in [2.05, 4.69) is 9.97 Å². The molecule has 2 rings (SSSR count). The minimum absolute atomic E-state index is 0.340. The zero-order valence-corrected chi connectivity index (χ0v) is 8.43. The number of nitrogens with one attached hydrogen (secondary N) is 1. The summed E-state index contributed by atoms with van der Waals surface area (Å²) in [5.41, 5.74) is 2.59. The first-order valence-corrected chi connectivity index (χ1v) is 4.67. The minimum atomic E-state index is 0.340. The van der Waals surface area contributed by atoms with Gasteiger partial charge in [0.2, 0.25) is 0 Å². The second-order valence-corrected chi connectivity index (χ2v) is 3.56. The predicted molar refractivity (Wildman–Crippen MR) is 55.6 cm³/mol. The summed E-state index contributed by atoms with van der Waals surface area (Å²) in [5, 5.41) is 0.594. The Morgan fingerprint density at radius 2 is 2.36 bits per heavy atom. The first kappa shape index (κ1) is 9.21. The van der Waals surface area contributed by atoms with E-state index < -0.39 is 0 Å². The average Bonchev–Trinajstić information content (AvgIpc) is 2.45. The lowest BCUT2D eigenvalue weighted by Gasteiger charge is -1.98. The maximum Gasteiger partial charge on any atom is 0.124 e. The molecule has 0 aliphatic heterocycles. The number of halogens is 1. The number of aryl methyl sites for hydroxylation is 1. The van der Waals surface area contributed by atoms with E-state index >= 15 is 0 Å². The summed E-state index contributed by atoms with van der Waals surface area (Å²) in [7, 11) is 0. The maximum absolute atomic E-state index is 10.4. The number of aromatic nitrogens is 2. The maximum atomic E-state index is 10.4. The molecule has 0 saturated heterocycles. The van der Waals surface area contributed by atoms with Crippen molar-refractivity contribution in [2.75, 3.05) is 0 Å². The first-order chi connectivity index (χ1) is 6.70. The largest absolute Gasteiger partial charge is 0.342 e. The van der Waals surface area contributed by atoms with Crippen LogP contribution in [0.15, 0.2) is 12.1 Å². The Bertz CT molecular complexity index is 490. The van der Waals surface area contributed by atoms with E-state index in [1.54, 1.807) is 6.07 Å². The molecule has 0 spiro atoms. The normalized spacial score (nSPS) is 10.7. The van der Waals surface area contributed by atoms with Crippen LogP contribution in [-0.2, 0) is 11.2 Å². The molecule has 0 aliphatic carbocycles. The molecule has 0 unspecified atom stereocenters. The van der Waals surface area contributed by atoms with Crippen molar-refractivity contribution >= 4 is 28.9 Å². The molecular formula is C10H9ClN2O. The molecule has 4 heteroatoms. The van der Waals surface area contributed by atoms with Crippen LogP contribution in [0.2, 0.25) is 5.02 Å². The van der Waals surface area contributed by atoms with Gasteiger partial charge in [-0.1, -0.05) is 11.6 Å². The third-order valence-electron chi connectivity index (χ3n) is 2.07. The van der Waals surface area contributed by atoms with Crippen molar-refractivity contribution < 1.29 is 4.79 Å². The molecule has 0 amide bonds. The summed E-state index contributed by atoms with van der Waals surface area (Å²) in [6.07, 6.45) is 1.18. The Morgan fingerprint density at radius 1 is 1.57 bits per heavy atom. The molecular weight excluding hydrogens is 200 g/mol. The number of aldehydes is 1. The van der Waals surface area contributed by atoms with E-state index in [4.69, 9.17) is 11.6 Å². The van der Waals surface area contributed by atoms with Crippen molar-refractivity contribution in [3.63, 3.8) is 0 Å². The second kappa shape index (κ2) is 3.42. The van der Waals surface area contributed by atoms with Crippen LogP contribution in [0.1, 0.15) is 11.4 Å². The van der Waals surface area contributed by atoms with E-state index in [-0.39, 0.29) is 0 Å². The number of carbonyl (C=O) groups is 1. The van der Waals surface area contributed by atoms with Crippen molar-refractivity contribution in [2.45, 2.75) is 13.3 Å². The summed E-state index contributed by atoms with van der Waals surface area (Å²) >= 11 is 5.98. The van der Waals surface area contributed by atoms with Gasteiger partial charge in [-0.2, -0.15) is 0 Å². The summed E-state index contributed by atoms with van der Waals surface area (Å²) in [4.78, 5) is 17.7. The third kappa shape index (κ3) is 1.51. The fourth-order valence-electron chi connectivity index (χ4n) is 1.45. The first-order valence-electron chi connectivity index (χ1n) is 4.29. The van der Waals surface area contributed by atoms with Crippen molar-refractivity contribution in [1.82, 2.24) is 9.97 Å². The van der Waals surface area contributed by atoms with Crippen molar-refractivity contribution in [3.8, 4) is 0 Å². The number of hydrogen-bond donors (Lipinski definition) is 1. The van der Waals surface area contributed by atoms with Crippen LogP contribution in [-0.4, -0.2) is 16.3 Å². The summed E-state index contributed by atoms with van der Waals surface area (Å²) in [6.45, 7) is 1.88. The molecule has 0 aliphatic rings. The average molecular weight is 209 g/mol. The van der Waals surface area contributed by atoms with Gasteiger partial charge in [-0.25, -0.2) is 4.98 Å². The molecule has 1 N–H and O–H groups in total. The molecule has 1 aromatic heterocycles. The van der Waals surface area contributed by atoms with Gasteiger partial charge in [-0.15, -0.1) is 0 Å². The van der Waals surface area contributed by atoms with Crippen LogP contribution in [0.3, 0.4) is 0 Å². The van der Waals surface area contributed by atoms with E-state index in [0.29, 0.717) is 11.4 Å². The Hall–Kier alpha value is -1.35. The van der Waals surface area contributed by atoms with Crippen molar-refractivity contribution in [3.05, 3.63) is 28.5 Å². The number of rotatable bonds is 2. The fourth-order valence-corrected chi connectivity index (χ4v) is 1.69. The Morgan fingerprint density at radius 3 is 3.07 bits per heavy atom. The molecule has 0 bridgehead atoms. The van der Waals surface area contributed by atoms with E-state index in [0.717, 1.165) is 28.7 Å². The third-order valence-corrected chi connectivity index (χ3v) is 2.42. The van der Waals surface area contributed by atoms with Crippen LogP contribution in [0, 0.1) is 6.92 Å². The highest BCUT2D eigenvalue weighted by Gasteiger charge is 2.05. The number of fused-ring (bicyclic) bond motifs is 1. The number of nitrogens with zero attached hydrogens (tertiary/aromatic N) is 1. The minimum Gasteiger partial charge on any atom is -0.342 e. The molecule has 14 heavy (non-hydrogen) atoms. The zero-order valence-electron chi connectivity index (χ0n) is 7.67. The highest BCUT2D eigenvalue weighted by atomic mass is 35.5. The van der Waals surface area contributed by atoms with Gasteiger partial charge < -0.3 is 9.78 Å². The number of imidazole rings is 1. The Balaban J connectivity index is 2.63. The van der Waals surface area contributed by atoms with Crippen molar-refractivity contribution in [2.24, 2.45) is 0 Å². The van der Waals surface area contributed by atoms with Gasteiger partial charge in [0.1, 0.15) is 12.1 Å². The smallest absolute Gasteiger partial charge is 0.124 e. The van der Waals surface area contributed by atoms with Gasteiger partial charge in [0.05, 0.1) is 11.0 Å². The SMILES string of the molecule is Cc1nc2cc(Cl)c(CC=O)cc2[nH]1. The molecule has 0 atom stereocenters. The standard InChI is InChI=1S/C10H9ClN2O/c1-6-12-9-4-7(2-3-14)8(11)5-10(9)13-6/h3-5H,2H2,1H3,(H,12,13). The topological polar surface area (TPSA) is 45.8 Å². The summed E-state index contributed by atoms with van der Waals surface area (Å²) < 4.78 is 0. The van der Waals surface area contributed by atoms with Crippen LogP contribution in [0.5, 0.6) is 0 Å². The predicted octanol–water partition coefficient (Wildman–Crippen LogP) is 2.27. The van der Waals surface area contributed by atoms with Crippen LogP contribution >= 0.6 is 11.6 Å². The highest BCUT2D eigenvalue weighted by Crippen LogP contribution is 2.22. The van der Waals surface area contributed by atoms with Crippen LogP contribution < -0.4 is 0 Å². The van der Waals surface area contributed by atoms with Crippen LogP contribution in [0.4, 0.5) is 0 Å². The number of H-pyrrole nitrogens is 1. The van der Waals surface area contributed by atoms with Crippen LogP contribution in [0.25, 0.3) is 11.0 Å². The fraction of sp³-hybridized carbons (Fsp3) is 0.200. The second-order valence-electron chi connectivity index (χ2n) is 3.15. The highest BCUT2D eigenvalue weighted by molar-refractivity contribution is 6.32. The number of aromatic amines is 1. The van der Waals surface area contributed by atoms with Gasteiger partial charge in [0.25, 0.3) is 0 Å². The Labute approximate surface area is 86.1 Å². The van der Waals surface area contributed by atoms with Gasteiger partial charge in [0, 0.05) is 11.4 Å². The quantitative estimate of drug-likeness (QED) is 0.770. The lowest BCUT2D eigenvalue weighted by molar-refractivity contribution is -0.107. The molecule has 2 aromatic rings. The van der Waals surface area contributed by atoms with Gasteiger partial charge in [0.15, 0.2) is 0 Å². The molecule has 1 heterocycles. The van der Waals surface area contributed by atoms with Crippen molar-refractivity contribution in [1.29, 1.82) is 0 Å². The molecule has 1 aromatic carbocycles. The molecule has 0 saturated carbocycles. The van der Waals surface area contributed by atoms with E-state index in [9.17, 15) is 4.79 Å². The summed E-state index contributed by atoms with van der Waals surface area (Å²) in [5.74, 6) is 0.847. The number of carbonyl (C=O) groups excluding carboxylic acids is 1. The zero-order chi connectivity index (χ0) is 10.1. The monoisotopic (exact) mass is 208 g/mol. The molecule has 0 fully saturated rings.